The molecule has 1 aliphatic rings. The fourth-order valence-electron chi connectivity index (χ4n) is 3.97. The molecule has 0 N–H and O–H groups in total. The van der Waals surface area contributed by atoms with E-state index in [4.69, 9.17) is 9.47 Å². The van der Waals surface area contributed by atoms with Crippen molar-refractivity contribution in [3.05, 3.63) is 81.4 Å². The van der Waals surface area contributed by atoms with E-state index < -0.39 is 39.0 Å². The van der Waals surface area contributed by atoms with Crippen molar-refractivity contribution in [3.63, 3.8) is 0 Å². The number of nitro benzene ring substituents is 1. The van der Waals surface area contributed by atoms with Crippen LogP contribution in [0, 0.1) is 17.0 Å². The van der Waals surface area contributed by atoms with Crippen LogP contribution in [0.5, 0.6) is 0 Å². The summed E-state index contributed by atoms with van der Waals surface area (Å²) in [5.74, 6) is -1.85. The Morgan fingerprint density at radius 1 is 1.06 bits per heavy atom. The molecule has 0 aromatic heterocycles. The number of nitrogens with zero attached hydrogens (tertiary/aromatic N) is 2. The Hall–Kier alpha value is -3.57. The van der Waals surface area contributed by atoms with E-state index in [0.29, 0.717) is 0 Å². The van der Waals surface area contributed by atoms with Crippen LogP contribution in [0.3, 0.4) is 0 Å². The van der Waals surface area contributed by atoms with E-state index in [0.717, 1.165) is 9.87 Å². The summed E-state index contributed by atoms with van der Waals surface area (Å²) in [6.45, 7) is 4.85. The first-order valence-electron chi connectivity index (χ1n) is 11.0. The van der Waals surface area contributed by atoms with Crippen molar-refractivity contribution < 1.29 is 32.4 Å². The van der Waals surface area contributed by atoms with Gasteiger partial charge in [-0.1, -0.05) is 42.0 Å². The minimum atomic E-state index is -4.45. The Morgan fingerprint density at radius 2 is 1.69 bits per heavy atom. The van der Waals surface area contributed by atoms with Gasteiger partial charge in [0.1, 0.15) is 0 Å². The molecule has 35 heavy (non-hydrogen) atoms. The molecule has 1 aliphatic heterocycles. The SMILES string of the molecule is CCOC(=O)C1=CC[C@@H](c2ccccc2[N+](=O)[O-])N(S(=O)(=O)c2ccc(C)cc2)[C@H]1C(=O)OCC. The van der Waals surface area contributed by atoms with Gasteiger partial charge in [-0.3, -0.25) is 10.1 Å². The van der Waals surface area contributed by atoms with Gasteiger partial charge < -0.3 is 9.47 Å². The summed E-state index contributed by atoms with van der Waals surface area (Å²) in [4.78, 5) is 36.9. The molecule has 0 bridgehead atoms. The number of rotatable bonds is 8. The van der Waals surface area contributed by atoms with Gasteiger partial charge in [-0.2, -0.15) is 4.31 Å². The van der Waals surface area contributed by atoms with Crippen LogP contribution in [0.2, 0.25) is 0 Å². The van der Waals surface area contributed by atoms with Crippen LogP contribution < -0.4 is 0 Å². The highest BCUT2D eigenvalue weighted by atomic mass is 32.2. The number of ether oxygens (including phenoxy) is 2. The molecule has 186 valence electrons. The summed E-state index contributed by atoms with van der Waals surface area (Å²) < 4.78 is 39.0. The van der Waals surface area contributed by atoms with E-state index in [1.807, 2.05) is 0 Å². The van der Waals surface area contributed by atoms with Crippen molar-refractivity contribution in [2.75, 3.05) is 13.2 Å². The van der Waals surface area contributed by atoms with E-state index in [9.17, 15) is 28.1 Å². The second-order valence-corrected chi connectivity index (χ2v) is 9.59. The van der Waals surface area contributed by atoms with Gasteiger partial charge in [-0.15, -0.1) is 0 Å². The van der Waals surface area contributed by atoms with E-state index in [2.05, 4.69) is 0 Å². The highest BCUT2D eigenvalue weighted by Crippen LogP contribution is 2.42. The van der Waals surface area contributed by atoms with Crippen LogP contribution in [0.15, 0.2) is 65.1 Å². The first kappa shape index (κ1) is 26.0. The Labute approximate surface area is 203 Å². The number of para-hydroxylation sites is 1. The van der Waals surface area contributed by atoms with Crippen molar-refractivity contribution >= 4 is 27.6 Å². The van der Waals surface area contributed by atoms with Crippen LogP contribution in [-0.4, -0.2) is 48.8 Å². The molecule has 2 atom stereocenters. The number of aryl methyl sites for hydroxylation is 1. The molecule has 10 nitrogen and oxygen atoms in total. The maximum absolute atomic E-state index is 14.0. The second-order valence-electron chi connectivity index (χ2n) is 7.75. The van der Waals surface area contributed by atoms with Gasteiger partial charge in [0.15, 0.2) is 6.04 Å². The summed E-state index contributed by atoms with van der Waals surface area (Å²) >= 11 is 0. The number of hydrogen-bond donors (Lipinski definition) is 0. The fourth-order valence-corrected chi connectivity index (χ4v) is 5.71. The van der Waals surface area contributed by atoms with E-state index in [-0.39, 0.29) is 41.4 Å². The highest BCUT2D eigenvalue weighted by molar-refractivity contribution is 7.89. The third-order valence-corrected chi connectivity index (χ3v) is 7.42. The Balaban J connectivity index is 2.30. The number of carbonyl (C=O) groups is 2. The second kappa shape index (κ2) is 10.8. The summed E-state index contributed by atoms with van der Waals surface area (Å²) in [5, 5.41) is 11.8. The Bertz CT molecular complexity index is 1250. The normalized spacial score (nSPS) is 18.4. The van der Waals surface area contributed by atoms with Crippen LogP contribution in [0.1, 0.15) is 37.4 Å². The molecule has 1 heterocycles. The summed E-state index contributed by atoms with van der Waals surface area (Å²) in [7, 11) is -4.45. The third-order valence-electron chi connectivity index (χ3n) is 5.53. The Kier molecular flexibility index (Phi) is 8.03. The zero-order valence-corrected chi connectivity index (χ0v) is 20.4. The number of esters is 2. The number of carbonyl (C=O) groups excluding carboxylic acids is 2. The maximum atomic E-state index is 14.0. The van der Waals surface area contributed by atoms with Crippen molar-refractivity contribution in [2.45, 2.75) is 44.2 Å². The molecule has 0 fully saturated rings. The molecule has 0 radical (unpaired) electrons. The molecular weight excluding hydrogens is 476 g/mol. The van der Waals surface area contributed by atoms with Gasteiger partial charge in [0, 0.05) is 11.6 Å². The van der Waals surface area contributed by atoms with Crippen molar-refractivity contribution in [1.82, 2.24) is 4.31 Å². The molecular formula is C24H26N2O8S. The fraction of sp³-hybridized carbons (Fsp3) is 0.333. The molecule has 0 amide bonds. The average molecular weight is 503 g/mol. The van der Waals surface area contributed by atoms with E-state index in [1.165, 1.54) is 36.4 Å². The lowest BCUT2D eigenvalue weighted by atomic mass is 9.92. The summed E-state index contributed by atoms with van der Waals surface area (Å²) in [5.41, 5.74) is 0.390. The van der Waals surface area contributed by atoms with Gasteiger partial charge in [-0.05, 0) is 39.3 Å². The monoisotopic (exact) mass is 502 g/mol. The minimum absolute atomic E-state index is 0.00398. The predicted molar refractivity (Wildman–Crippen MR) is 126 cm³/mol. The number of nitro groups is 1. The lowest BCUT2D eigenvalue weighted by Gasteiger charge is -2.39. The molecule has 2 aromatic rings. The molecule has 0 saturated heterocycles. The van der Waals surface area contributed by atoms with Crippen LogP contribution in [0.25, 0.3) is 0 Å². The lowest BCUT2D eigenvalue weighted by molar-refractivity contribution is -0.385. The maximum Gasteiger partial charge on any atom is 0.335 e. The van der Waals surface area contributed by atoms with Crippen LogP contribution in [0.4, 0.5) is 5.69 Å². The molecule has 0 saturated carbocycles. The molecule has 2 aromatic carbocycles. The van der Waals surface area contributed by atoms with Gasteiger partial charge >= 0.3 is 11.9 Å². The van der Waals surface area contributed by atoms with Crippen LogP contribution in [-0.2, 0) is 29.1 Å². The molecule has 3 rings (SSSR count). The third kappa shape index (κ3) is 5.25. The molecule has 11 heteroatoms. The van der Waals surface area contributed by atoms with E-state index in [1.54, 1.807) is 39.0 Å². The quantitative estimate of drug-likeness (QED) is 0.304. The van der Waals surface area contributed by atoms with Gasteiger partial charge in [-0.25, -0.2) is 18.0 Å². The lowest BCUT2D eigenvalue weighted by Crippen LogP contribution is -2.52. The highest BCUT2D eigenvalue weighted by Gasteiger charge is 2.49. The first-order valence-corrected chi connectivity index (χ1v) is 12.4. The molecule has 0 aliphatic carbocycles. The predicted octanol–water partition coefficient (Wildman–Crippen LogP) is 3.46. The van der Waals surface area contributed by atoms with Gasteiger partial charge in [0.2, 0.25) is 10.0 Å². The van der Waals surface area contributed by atoms with E-state index >= 15 is 0 Å². The summed E-state index contributed by atoms with van der Waals surface area (Å²) in [6, 6.07) is 8.81. The number of sulfonamides is 1. The Morgan fingerprint density at radius 3 is 2.29 bits per heavy atom. The minimum Gasteiger partial charge on any atom is -0.465 e. The van der Waals surface area contributed by atoms with Gasteiger partial charge in [0.25, 0.3) is 5.69 Å². The van der Waals surface area contributed by atoms with Crippen LogP contribution >= 0.6 is 0 Å². The number of hydrogen-bond acceptors (Lipinski definition) is 8. The zero-order valence-electron chi connectivity index (χ0n) is 19.5. The topological polar surface area (TPSA) is 133 Å². The standard InChI is InChI=1S/C24H26N2O8S/c1-4-33-23(27)19-14-15-20(18-8-6-7-9-21(18)26(29)30)25(22(19)24(28)34-5-2)35(31,32)17-12-10-16(3)11-13-17/h6-14,20,22H,4-5,15H2,1-3H3/t20-,22+/m0/s1. The smallest absolute Gasteiger partial charge is 0.335 e. The molecule has 0 unspecified atom stereocenters. The largest absolute Gasteiger partial charge is 0.465 e. The first-order chi connectivity index (χ1) is 16.6. The molecule has 0 spiro atoms. The van der Waals surface area contributed by atoms with Crippen molar-refractivity contribution in [1.29, 1.82) is 0 Å². The summed E-state index contributed by atoms with van der Waals surface area (Å²) in [6.07, 6.45) is 1.29. The number of benzene rings is 2. The zero-order chi connectivity index (χ0) is 25.8. The van der Waals surface area contributed by atoms with Crippen molar-refractivity contribution in [3.8, 4) is 0 Å². The average Bonchev–Trinajstić information content (AvgIpc) is 2.83. The van der Waals surface area contributed by atoms with Crippen molar-refractivity contribution in [2.24, 2.45) is 0 Å². The van der Waals surface area contributed by atoms with Gasteiger partial charge in [0.05, 0.1) is 34.6 Å².